The number of nitrogens with zero attached hydrogens (tertiary/aromatic N) is 1. The molecule has 1 aliphatic carbocycles. The first-order valence-electron chi connectivity index (χ1n) is 12.0. The Morgan fingerprint density at radius 2 is 1.91 bits per heavy atom. The molecule has 2 atom stereocenters. The van der Waals surface area contributed by atoms with Gasteiger partial charge >= 0.3 is 0 Å². The van der Waals surface area contributed by atoms with E-state index in [0.29, 0.717) is 19.1 Å². The van der Waals surface area contributed by atoms with Gasteiger partial charge in [0.2, 0.25) is 0 Å². The summed E-state index contributed by atoms with van der Waals surface area (Å²) in [6, 6.07) is 16.7. The maximum absolute atomic E-state index is 10.3. The van der Waals surface area contributed by atoms with Gasteiger partial charge in [0, 0.05) is 31.1 Å². The number of ether oxygens (including phenoxy) is 2. The number of allylic oxidation sites excluding steroid dienone is 2. The molecule has 5 heteroatoms. The van der Waals surface area contributed by atoms with Crippen LogP contribution >= 0.6 is 11.6 Å². The first kappa shape index (κ1) is 25.8. The lowest BCUT2D eigenvalue weighted by Crippen LogP contribution is -2.34. The lowest BCUT2D eigenvalue weighted by molar-refractivity contribution is 0.0668. The smallest absolute Gasteiger partial charge is 0.119 e. The molecule has 2 unspecified atom stereocenters. The summed E-state index contributed by atoms with van der Waals surface area (Å²) in [6.45, 7) is 4.55. The quantitative estimate of drug-likeness (QED) is 0.449. The standard InChI is InChI=1S/C28H38ClNO3/c1-21-27(10-5-4-6-11-28(21)23-8-7-9-24(29)18-23)22-12-14-26(15-13-22)33-20-25(31)19-30(2)16-17-32-3/h7-9,12-15,18,25,27,31H,4-6,10-11,16-17,19-20H2,1-3H3/b28-21+. The lowest BCUT2D eigenvalue weighted by atomic mass is 9.80. The number of hydrogen-bond acceptors (Lipinski definition) is 4. The van der Waals surface area contributed by atoms with Gasteiger partial charge in [-0.1, -0.05) is 54.3 Å². The van der Waals surface area contributed by atoms with E-state index in [2.05, 4.69) is 31.2 Å². The number of methoxy groups -OCH3 is 1. The van der Waals surface area contributed by atoms with Crippen LogP contribution in [0.3, 0.4) is 0 Å². The van der Waals surface area contributed by atoms with Crippen LogP contribution < -0.4 is 4.74 Å². The van der Waals surface area contributed by atoms with Crippen LogP contribution in [-0.2, 0) is 4.74 Å². The van der Waals surface area contributed by atoms with Crippen molar-refractivity contribution >= 4 is 17.2 Å². The predicted molar refractivity (Wildman–Crippen MR) is 137 cm³/mol. The molecule has 0 spiro atoms. The van der Waals surface area contributed by atoms with Crippen LogP contribution in [0.2, 0.25) is 5.02 Å². The molecule has 0 aromatic heterocycles. The highest BCUT2D eigenvalue weighted by Gasteiger charge is 2.20. The summed E-state index contributed by atoms with van der Waals surface area (Å²) in [5.41, 5.74) is 5.45. The summed E-state index contributed by atoms with van der Waals surface area (Å²) < 4.78 is 10.9. The maximum atomic E-state index is 10.3. The topological polar surface area (TPSA) is 41.9 Å². The molecule has 0 fully saturated rings. The Hall–Kier alpha value is -1.85. The molecule has 3 rings (SSSR count). The van der Waals surface area contributed by atoms with Crippen molar-refractivity contribution in [2.75, 3.05) is 40.5 Å². The lowest BCUT2D eigenvalue weighted by Gasteiger charge is -2.25. The monoisotopic (exact) mass is 471 g/mol. The molecule has 0 saturated heterocycles. The van der Waals surface area contributed by atoms with Crippen molar-refractivity contribution in [3.8, 4) is 5.75 Å². The predicted octanol–water partition coefficient (Wildman–Crippen LogP) is 6.18. The fourth-order valence-electron chi connectivity index (χ4n) is 4.66. The van der Waals surface area contributed by atoms with E-state index in [4.69, 9.17) is 21.1 Å². The Morgan fingerprint density at radius 1 is 1.12 bits per heavy atom. The maximum Gasteiger partial charge on any atom is 0.119 e. The third-order valence-electron chi connectivity index (χ3n) is 6.52. The van der Waals surface area contributed by atoms with E-state index in [1.807, 2.05) is 36.2 Å². The van der Waals surface area contributed by atoms with Crippen molar-refractivity contribution in [2.24, 2.45) is 0 Å². The summed E-state index contributed by atoms with van der Waals surface area (Å²) in [5.74, 6) is 1.19. The molecule has 0 heterocycles. The second-order valence-corrected chi connectivity index (χ2v) is 9.55. The van der Waals surface area contributed by atoms with Crippen LogP contribution in [0.1, 0.15) is 56.1 Å². The van der Waals surface area contributed by atoms with Crippen molar-refractivity contribution in [2.45, 2.75) is 51.0 Å². The molecule has 0 saturated carbocycles. The molecule has 0 amide bonds. The van der Waals surface area contributed by atoms with Gasteiger partial charge in [-0.05, 0) is 74.2 Å². The van der Waals surface area contributed by atoms with Gasteiger partial charge in [-0.3, -0.25) is 0 Å². The number of halogens is 1. The Balaban J connectivity index is 1.68. The first-order valence-corrected chi connectivity index (χ1v) is 12.4. The largest absolute Gasteiger partial charge is 0.491 e. The van der Waals surface area contributed by atoms with Crippen LogP contribution in [0.5, 0.6) is 5.75 Å². The van der Waals surface area contributed by atoms with E-state index in [-0.39, 0.29) is 6.61 Å². The van der Waals surface area contributed by atoms with Gasteiger partial charge in [-0.15, -0.1) is 0 Å². The van der Waals surface area contributed by atoms with Crippen LogP contribution in [0.15, 0.2) is 54.1 Å². The summed E-state index contributed by atoms with van der Waals surface area (Å²) in [4.78, 5) is 2.04. The minimum absolute atomic E-state index is 0.276. The highest BCUT2D eigenvalue weighted by Crippen LogP contribution is 2.39. The molecule has 1 N–H and O–H groups in total. The normalized spacial score (nSPS) is 20.4. The van der Waals surface area contributed by atoms with Gasteiger partial charge < -0.3 is 19.5 Å². The number of aliphatic hydroxyl groups excluding tert-OH is 1. The summed E-state index contributed by atoms with van der Waals surface area (Å²) >= 11 is 6.30. The molecule has 2 aromatic carbocycles. The zero-order valence-corrected chi connectivity index (χ0v) is 21.0. The molecule has 2 aromatic rings. The molecule has 4 nitrogen and oxygen atoms in total. The molecular weight excluding hydrogens is 434 g/mol. The third kappa shape index (κ3) is 7.86. The second-order valence-electron chi connectivity index (χ2n) is 9.11. The molecule has 180 valence electrons. The molecule has 0 aliphatic heterocycles. The number of rotatable bonds is 10. The minimum Gasteiger partial charge on any atom is -0.491 e. The number of likely N-dealkylation sites (N-methyl/N-ethyl adjacent to an activating group) is 1. The van der Waals surface area contributed by atoms with Gasteiger partial charge in [-0.25, -0.2) is 0 Å². The van der Waals surface area contributed by atoms with Crippen LogP contribution in [0.25, 0.3) is 5.57 Å². The van der Waals surface area contributed by atoms with E-state index >= 15 is 0 Å². The van der Waals surface area contributed by atoms with E-state index in [9.17, 15) is 5.11 Å². The van der Waals surface area contributed by atoms with E-state index in [1.165, 1.54) is 41.5 Å². The Labute approximate surface area is 204 Å². The highest BCUT2D eigenvalue weighted by atomic mass is 35.5. The Bertz CT molecular complexity index is 896. The van der Waals surface area contributed by atoms with Gasteiger partial charge in [0.25, 0.3) is 0 Å². The van der Waals surface area contributed by atoms with E-state index in [1.54, 1.807) is 7.11 Å². The Kier molecular flexibility index (Phi) is 10.3. The zero-order valence-electron chi connectivity index (χ0n) is 20.2. The van der Waals surface area contributed by atoms with Crippen LogP contribution in [0.4, 0.5) is 0 Å². The molecule has 1 aliphatic rings. The van der Waals surface area contributed by atoms with Crippen LogP contribution in [-0.4, -0.2) is 56.6 Å². The molecule has 0 radical (unpaired) electrons. The molecule has 33 heavy (non-hydrogen) atoms. The fourth-order valence-corrected chi connectivity index (χ4v) is 4.85. The van der Waals surface area contributed by atoms with Gasteiger partial charge in [-0.2, -0.15) is 0 Å². The molecular formula is C28H38ClNO3. The first-order chi connectivity index (χ1) is 16.0. The van der Waals surface area contributed by atoms with E-state index in [0.717, 1.165) is 30.2 Å². The van der Waals surface area contributed by atoms with Crippen molar-refractivity contribution in [3.63, 3.8) is 0 Å². The molecule has 0 bridgehead atoms. The SMILES string of the molecule is COCCN(C)CC(O)COc1ccc(C2CCCCC/C(c3cccc(Cl)c3)=C\2C)cc1. The van der Waals surface area contributed by atoms with Crippen molar-refractivity contribution in [1.29, 1.82) is 0 Å². The Morgan fingerprint density at radius 3 is 2.64 bits per heavy atom. The van der Waals surface area contributed by atoms with Gasteiger partial charge in [0.15, 0.2) is 0 Å². The minimum atomic E-state index is -0.539. The highest BCUT2D eigenvalue weighted by molar-refractivity contribution is 6.30. The third-order valence-corrected chi connectivity index (χ3v) is 6.75. The average Bonchev–Trinajstić information content (AvgIpc) is 2.80. The average molecular weight is 472 g/mol. The van der Waals surface area contributed by atoms with Crippen molar-refractivity contribution < 1.29 is 14.6 Å². The van der Waals surface area contributed by atoms with E-state index < -0.39 is 6.10 Å². The van der Waals surface area contributed by atoms with Crippen molar-refractivity contribution in [3.05, 3.63) is 70.3 Å². The van der Waals surface area contributed by atoms with Crippen LogP contribution in [0, 0.1) is 0 Å². The number of benzene rings is 2. The fraction of sp³-hybridized carbons (Fsp3) is 0.500. The van der Waals surface area contributed by atoms with Gasteiger partial charge in [0.1, 0.15) is 18.5 Å². The summed E-state index contributed by atoms with van der Waals surface area (Å²) in [7, 11) is 3.66. The zero-order chi connectivity index (χ0) is 23.6. The second kappa shape index (κ2) is 13.1. The summed E-state index contributed by atoms with van der Waals surface area (Å²) in [5, 5.41) is 11.1. The van der Waals surface area contributed by atoms with Crippen molar-refractivity contribution in [1.82, 2.24) is 4.90 Å². The number of aliphatic hydroxyl groups is 1. The number of hydrogen-bond donors (Lipinski definition) is 1. The van der Waals surface area contributed by atoms with Gasteiger partial charge in [0.05, 0.1) is 6.61 Å². The summed E-state index contributed by atoms with van der Waals surface area (Å²) in [6.07, 6.45) is 5.44.